The summed E-state index contributed by atoms with van der Waals surface area (Å²) in [5, 5.41) is 3.10. The summed E-state index contributed by atoms with van der Waals surface area (Å²) in [7, 11) is -3.79. The van der Waals surface area contributed by atoms with Crippen LogP contribution < -0.4 is 10.0 Å². The number of nitrogens with one attached hydrogen (secondary N) is 2. The summed E-state index contributed by atoms with van der Waals surface area (Å²) in [6, 6.07) is 19.0. The Morgan fingerprint density at radius 1 is 0.939 bits per heavy atom. The van der Waals surface area contributed by atoms with E-state index in [1.54, 1.807) is 18.2 Å². The van der Waals surface area contributed by atoms with Gasteiger partial charge in [-0.05, 0) is 60.7 Å². The summed E-state index contributed by atoms with van der Waals surface area (Å²) in [5.74, 6) is -0.294. The number of carbonyl (C=O) groups excluding carboxylic acids is 1. The number of aryl methyl sites for hydroxylation is 1. The first kappa shape index (κ1) is 24.8. The molecule has 0 aliphatic heterocycles. The molecule has 0 saturated heterocycles. The van der Waals surface area contributed by atoms with Crippen molar-refractivity contribution in [3.8, 4) is 0 Å². The number of carbonyl (C=O) groups is 1. The van der Waals surface area contributed by atoms with Crippen molar-refractivity contribution in [2.24, 2.45) is 0 Å². The Hall–Kier alpha value is -2.83. The van der Waals surface area contributed by atoms with Crippen molar-refractivity contribution >= 4 is 33.2 Å². The van der Waals surface area contributed by atoms with E-state index in [-0.39, 0.29) is 33.0 Å². The molecule has 0 spiro atoms. The maximum Gasteiger partial charge on any atom is 0.261 e. The highest BCUT2D eigenvalue weighted by Gasteiger charge is 2.18. The molecule has 1 amide bonds. The number of rotatable bonds is 6. The van der Waals surface area contributed by atoms with E-state index in [9.17, 15) is 13.2 Å². The summed E-state index contributed by atoms with van der Waals surface area (Å²) in [6.45, 7) is 10.3. The van der Waals surface area contributed by atoms with Gasteiger partial charge >= 0.3 is 0 Å². The number of sulfonamides is 1. The van der Waals surface area contributed by atoms with Gasteiger partial charge in [0.05, 0.1) is 21.6 Å². The second-order valence-corrected chi connectivity index (χ2v) is 11.3. The molecule has 0 unspecified atom stereocenters. The zero-order chi connectivity index (χ0) is 24.4. The first-order valence-electron chi connectivity index (χ1n) is 10.7. The molecule has 0 aliphatic carbocycles. The zero-order valence-corrected chi connectivity index (χ0v) is 21.0. The number of halogens is 1. The molecule has 0 saturated carbocycles. The Kier molecular flexibility index (Phi) is 7.20. The molecule has 3 rings (SSSR count). The van der Waals surface area contributed by atoms with Crippen molar-refractivity contribution in [3.63, 3.8) is 0 Å². The first-order valence-corrected chi connectivity index (χ1v) is 12.5. The van der Waals surface area contributed by atoms with Gasteiger partial charge in [0.1, 0.15) is 0 Å². The summed E-state index contributed by atoms with van der Waals surface area (Å²) >= 11 is 6.30. The smallest absolute Gasteiger partial charge is 0.261 e. The van der Waals surface area contributed by atoms with Gasteiger partial charge in [0.25, 0.3) is 15.9 Å². The highest BCUT2D eigenvalue weighted by Crippen LogP contribution is 2.27. The van der Waals surface area contributed by atoms with E-state index in [1.165, 1.54) is 29.8 Å². The zero-order valence-electron chi connectivity index (χ0n) is 19.4. The standard InChI is InChI=1S/C26H29ClN2O3S/c1-17-6-13-22(14-7-17)33(31,32)29-24-15-10-20(16-23(24)27)25(30)28-18(2)19-8-11-21(12-9-19)26(3,4)5/h6-16,18,29H,1-5H3,(H,28,30)/t18-/m0/s1. The fraction of sp³-hybridized carbons (Fsp3) is 0.269. The van der Waals surface area contributed by atoms with Crippen LogP contribution in [-0.2, 0) is 15.4 Å². The van der Waals surface area contributed by atoms with E-state index >= 15 is 0 Å². The van der Waals surface area contributed by atoms with Gasteiger partial charge in [-0.25, -0.2) is 8.42 Å². The SMILES string of the molecule is Cc1ccc(S(=O)(=O)Nc2ccc(C(=O)N[C@@H](C)c3ccc(C(C)(C)C)cc3)cc2Cl)cc1. The fourth-order valence-electron chi connectivity index (χ4n) is 3.30. The Bertz CT molecular complexity index is 1250. The minimum Gasteiger partial charge on any atom is -0.346 e. The Balaban J connectivity index is 1.71. The molecule has 2 N–H and O–H groups in total. The summed E-state index contributed by atoms with van der Waals surface area (Å²) < 4.78 is 27.7. The van der Waals surface area contributed by atoms with Crippen molar-refractivity contribution in [2.45, 2.75) is 51.0 Å². The normalized spacial score (nSPS) is 12.8. The number of anilines is 1. The predicted octanol–water partition coefficient (Wildman–Crippen LogP) is 6.24. The minimum absolute atomic E-state index is 0.0600. The van der Waals surface area contributed by atoms with E-state index in [1.807, 2.05) is 26.0 Å². The number of hydrogen-bond donors (Lipinski definition) is 2. The van der Waals surface area contributed by atoms with Gasteiger partial charge < -0.3 is 5.32 Å². The van der Waals surface area contributed by atoms with Gasteiger partial charge in [-0.2, -0.15) is 0 Å². The fourth-order valence-corrected chi connectivity index (χ4v) is 4.66. The second kappa shape index (κ2) is 9.57. The van der Waals surface area contributed by atoms with Crippen LogP contribution in [0.4, 0.5) is 5.69 Å². The van der Waals surface area contributed by atoms with Crippen molar-refractivity contribution in [3.05, 3.63) is 94.0 Å². The average molecular weight is 485 g/mol. The molecule has 174 valence electrons. The third-order valence-electron chi connectivity index (χ3n) is 5.43. The topological polar surface area (TPSA) is 75.3 Å². The van der Waals surface area contributed by atoms with Crippen molar-refractivity contribution < 1.29 is 13.2 Å². The number of benzene rings is 3. The molecule has 0 heterocycles. The highest BCUT2D eigenvalue weighted by atomic mass is 35.5. The molecule has 0 radical (unpaired) electrons. The van der Waals surface area contributed by atoms with Crippen LogP contribution in [-0.4, -0.2) is 14.3 Å². The van der Waals surface area contributed by atoms with Crippen molar-refractivity contribution in [1.29, 1.82) is 0 Å². The van der Waals surface area contributed by atoms with Crippen LogP contribution in [0.5, 0.6) is 0 Å². The van der Waals surface area contributed by atoms with Crippen molar-refractivity contribution in [2.75, 3.05) is 4.72 Å². The number of amides is 1. The molecule has 7 heteroatoms. The Labute approximate surface area is 201 Å². The van der Waals surface area contributed by atoms with Crippen molar-refractivity contribution in [1.82, 2.24) is 5.32 Å². The Morgan fingerprint density at radius 2 is 1.55 bits per heavy atom. The van der Waals surface area contributed by atoms with Crippen LogP contribution in [0.15, 0.2) is 71.6 Å². The molecular formula is C26H29ClN2O3S. The van der Waals surface area contributed by atoms with Crippen LogP contribution in [0.1, 0.15) is 60.8 Å². The molecule has 33 heavy (non-hydrogen) atoms. The molecule has 0 aliphatic rings. The van der Waals surface area contributed by atoms with Gasteiger partial charge in [0, 0.05) is 5.56 Å². The summed E-state index contributed by atoms with van der Waals surface area (Å²) in [5.41, 5.74) is 3.78. The third-order valence-corrected chi connectivity index (χ3v) is 7.13. The lowest BCUT2D eigenvalue weighted by Gasteiger charge is -2.21. The molecular weight excluding hydrogens is 456 g/mol. The van der Waals surface area contributed by atoms with Gasteiger partial charge in [-0.3, -0.25) is 9.52 Å². The van der Waals surface area contributed by atoms with E-state index in [0.29, 0.717) is 5.56 Å². The lowest BCUT2D eigenvalue weighted by Crippen LogP contribution is -2.26. The molecule has 0 aromatic heterocycles. The van der Waals surface area contributed by atoms with Crippen LogP contribution in [0.25, 0.3) is 0 Å². The van der Waals surface area contributed by atoms with Gasteiger partial charge in [-0.15, -0.1) is 0 Å². The molecule has 1 atom stereocenters. The Morgan fingerprint density at radius 3 is 2.09 bits per heavy atom. The van der Waals surface area contributed by atoms with E-state index in [2.05, 4.69) is 42.9 Å². The molecule has 0 fully saturated rings. The predicted molar refractivity (Wildman–Crippen MR) is 134 cm³/mol. The monoisotopic (exact) mass is 484 g/mol. The maximum atomic E-state index is 12.7. The van der Waals surface area contributed by atoms with Crippen LogP contribution >= 0.6 is 11.6 Å². The average Bonchev–Trinajstić information content (AvgIpc) is 2.74. The minimum atomic E-state index is -3.79. The van der Waals surface area contributed by atoms with E-state index in [0.717, 1.165) is 11.1 Å². The quantitative estimate of drug-likeness (QED) is 0.435. The molecule has 0 bridgehead atoms. The molecule has 3 aromatic carbocycles. The van der Waals surface area contributed by atoms with E-state index in [4.69, 9.17) is 11.6 Å². The van der Waals surface area contributed by atoms with Gasteiger partial charge in [0.15, 0.2) is 0 Å². The van der Waals surface area contributed by atoms with Gasteiger partial charge in [0.2, 0.25) is 0 Å². The summed E-state index contributed by atoms with van der Waals surface area (Å²) in [4.78, 5) is 12.9. The lowest BCUT2D eigenvalue weighted by atomic mass is 9.86. The largest absolute Gasteiger partial charge is 0.346 e. The summed E-state index contributed by atoms with van der Waals surface area (Å²) in [6.07, 6.45) is 0. The van der Waals surface area contributed by atoms with Gasteiger partial charge in [-0.1, -0.05) is 74.3 Å². The third kappa shape index (κ3) is 6.15. The van der Waals surface area contributed by atoms with Crippen LogP contribution in [0, 0.1) is 6.92 Å². The van der Waals surface area contributed by atoms with Crippen LogP contribution in [0.3, 0.4) is 0 Å². The first-order chi connectivity index (χ1) is 15.4. The van der Waals surface area contributed by atoms with Crippen LogP contribution in [0.2, 0.25) is 5.02 Å². The highest BCUT2D eigenvalue weighted by molar-refractivity contribution is 7.92. The number of hydrogen-bond acceptors (Lipinski definition) is 3. The second-order valence-electron chi connectivity index (χ2n) is 9.18. The maximum absolute atomic E-state index is 12.7. The molecule has 5 nitrogen and oxygen atoms in total. The van der Waals surface area contributed by atoms with E-state index < -0.39 is 10.0 Å². The molecule has 3 aromatic rings. The lowest BCUT2D eigenvalue weighted by molar-refractivity contribution is 0.0940.